The topological polar surface area (TPSA) is 13.0 Å². The Morgan fingerprint density at radius 1 is 0.317 bits per heavy atom. The van der Waals surface area contributed by atoms with Gasteiger partial charge in [-0.25, -0.2) is 0 Å². The van der Waals surface area contributed by atoms with Crippen molar-refractivity contribution in [3.8, 4) is 0 Å². The first kappa shape index (κ1) is 48.0. The molecule has 3 radical (unpaired) electrons. The van der Waals surface area contributed by atoms with Gasteiger partial charge in [-0.1, -0.05) is 0 Å². The van der Waals surface area contributed by atoms with Crippen molar-refractivity contribution in [3.63, 3.8) is 0 Å². The minimum atomic E-state index is 0. The van der Waals surface area contributed by atoms with E-state index >= 15 is 0 Å². The van der Waals surface area contributed by atoms with Crippen LogP contribution in [0.1, 0.15) is 41.5 Å². The summed E-state index contributed by atoms with van der Waals surface area (Å²) < 4.78 is 0. The van der Waals surface area contributed by atoms with E-state index in [0.717, 1.165) is 39.3 Å². The molecule has 0 amide bonds. The smallest absolute Gasteiger partial charge is 0.0463 e. The minimum Gasteiger partial charge on any atom is -1.00 e. The first-order valence-corrected chi connectivity index (χ1v) is 12.9. The molecule has 0 aromatic heterocycles. The Bertz CT molecular complexity index is 867. The van der Waals surface area contributed by atoms with Crippen LogP contribution in [0.15, 0.2) is 72.8 Å². The van der Waals surface area contributed by atoms with Crippen LogP contribution in [-0.4, -0.2) is 63.7 Å². The minimum absolute atomic E-state index is 0. The number of anilines is 6. The third-order valence-electron chi connectivity index (χ3n) is 6.71. The third kappa shape index (κ3) is 11.6. The van der Waals surface area contributed by atoms with Gasteiger partial charge in [0.25, 0.3) is 0 Å². The van der Waals surface area contributed by atoms with Gasteiger partial charge in [-0.2, -0.15) is 0 Å². The summed E-state index contributed by atoms with van der Waals surface area (Å²) in [4.78, 5) is 9.49. The maximum Gasteiger partial charge on any atom is 0.0463 e. The summed E-state index contributed by atoms with van der Waals surface area (Å²) >= 11 is 0. The summed E-state index contributed by atoms with van der Waals surface area (Å²) in [6, 6.07) is 26.9. The van der Waals surface area contributed by atoms with Crippen LogP contribution in [0.3, 0.4) is 0 Å². The summed E-state index contributed by atoms with van der Waals surface area (Å²) in [5.41, 5.74) is 7.30. The monoisotopic (exact) mass is 693 g/mol. The average molecular weight is 694 g/mol. The van der Waals surface area contributed by atoms with E-state index in [1.807, 2.05) is 0 Å². The largest absolute Gasteiger partial charge is 1.00 e. The number of nitrogens with zero attached hydrogens (tertiary/aromatic N) is 4. The molecule has 3 rings (SSSR count). The summed E-state index contributed by atoms with van der Waals surface area (Å²) in [5.74, 6) is 0. The van der Waals surface area contributed by atoms with Crippen LogP contribution in [0.4, 0.5) is 34.1 Å². The second-order valence-corrected chi connectivity index (χ2v) is 8.40. The molecule has 0 aliphatic rings. The standard InChI is InChI=1S/C30H42N4.6FH.Sb/c1-7-31(8-2)25-13-19-28(20-14-25)34(29-21-15-26(16-22-29)32(9-3)10-4)30-23-17-27(18-24-30)33(11-5)12-6;;;;;;;/h13-24H,7-12H2,1-6H3;6*1H;/p-6. The van der Waals surface area contributed by atoms with Crippen LogP contribution in [-0.2, 0) is 0 Å². The van der Waals surface area contributed by atoms with Crippen molar-refractivity contribution in [1.82, 2.24) is 0 Å². The predicted octanol–water partition coefficient (Wildman–Crippen LogP) is -10.7. The van der Waals surface area contributed by atoms with Crippen molar-refractivity contribution in [2.45, 2.75) is 41.5 Å². The molecule has 0 atom stereocenters. The van der Waals surface area contributed by atoms with Gasteiger partial charge in [-0.15, -0.1) is 0 Å². The quantitative estimate of drug-likeness (QED) is 0.138. The molecule has 3 aromatic carbocycles. The molecule has 11 heteroatoms. The molecule has 41 heavy (non-hydrogen) atoms. The number of benzene rings is 3. The normalized spacial score (nSPS) is 8.93. The number of hydrogen-bond acceptors (Lipinski definition) is 4. The van der Waals surface area contributed by atoms with Crippen molar-refractivity contribution >= 4 is 58.6 Å². The summed E-state index contributed by atoms with van der Waals surface area (Å²) in [5, 5.41) is 0. The zero-order valence-electron chi connectivity index (χ0n) is 24.7. The summed E-state index contributed by atoms with van der Waals surface area (Å²) in [6.45, 7) is 19.3. The fourth-order valence-electron chi connectivity index (χ4n) is 4.65. The fraction of sp³-hybridized carbons (Fsp3) is 0.400. The van der Waals surface area contributed by atoms with E-state index in [0.29, 0.717) is 0 Å². The van der Waals surface area contributed by atoms with E-state index in [9.17, 15) is 0 Å². The Balaban J connectivity index is -0.000000617. The van der Waals surface area contributed by atoms with Crippen LogP contribution in [0.2, 0.25) is 0 Å². The predicted molar refractivity (Wildman–Crippen MR) is 158 cm³/mol. The molecule has 4 nitrogen and oxygen atoms in total. The Labute approximate surface area is 259 Å². The summed E-state index contributed by atoms with van der Waals surface area (Å²) in [7, 11) is 0. The van der Waals surface area contributed by atoms with Crippen molar-refractivity contribution in [1.29, 1.82) is 0 Å². The van der Waals surface area contributed by atoms with Gasteiger partial charge in [0.1, 0.15) is 0 Å². The molecule has 0 N–H and O–H groups in total. The molecular formula is C30H42F6N4Sb-6. The fourth-order valence-corrected chi connectivity index (χ4v) is 4.65. The van der Waals surface area contributed by atoms with E-state index in [1.165, 1.54) is 34.1 Å². The molecule has 3 aromatic rings. The molecule has 0 bridgehead atoms. The molecule has 0 heterocycles. The van der Waals surface area contributed by atoms with E-state index in [-0.39, 0.29) is 52.7 Å². The second-order valence-electron chi connectivity index (χ2n) is 8.40. The van der Waals surface area contributed by atoms with Gasteiger partial charge in [0, 0.05) is 97.8 Å². The van der Waals surface area contributed by atoms with Crippen LogP contribution < -0.4 is 47.8 Å². The Morgan fingerprint density at radius 3 is 0.610 bits per heavy atom. The Hall–Kier alpha value is -2.74. The van der Waals surface area contributed by atoms with Crippen LogP contribution in [0.25, 0.3) is 0 Å². The van der Waals surface area contributed by atoms with Gasteiger partial charge < -0.3 is 47.8 Å². The van der Waals surface area contributed by atoms with E-state index in [2.05, 4.69) is 134 Å². The molecule has 235 valence electrons. The summed E-state index contributed by atoms with van der Waals surface area (Å²) in [6.07, 6.45) is 0. The van der Waals surface area contributed by atoms with Crippen LogP contribution >= 0.6 is 0 Å². The van der Waals surface area contributed by atoms with E-state index in [4.69, 9.17) is 0 Å². The number of hydrogen-bond donors (Lipinski definition) is 0. The molecule has 0 unspecified atom stereocenters. The maximum absolute atomic E-state index is 2.38. The second kappa shape index (κ2) is 23.9. The Kier molecular flexibility index (Phi) is 28.0. The van der Waals surface area contributed by atoms with Gasteiger partial charge in [0.15, 0.2) is 0 Å². The van der Waals surface area contributed by atoms with E-state index in [1.54, 1.807) is 0 Å². The van der Waals surface area contributed by atoms with Crippen molar-refractivity contribution in [2.24, 2.45) is 0 Å². The third-order valence-corrected chi connectivity index (χ3v) is 6.71. The average Bonchev–Trinajstić information content (AvgIpc) is 2.89. The Morgan fingerprint density at radius 2 is 0.463 bits per heavy atom. The zero-order valence-corrected chi connectivity index (χ0v) is 27.2. The zero-order chi connectivity index (χ0) is 24.5. The van der Waals surface area contributed by atoms with Gasteiger partial charge in [-0.05, 0) is 114 Å². The molecule has 0 aliphatic heterocycles. The van der Waals surface area contributed by atoms with E-state index < -0.39 is 0 Å². The molecule has 0 spiro atoms. The molecule has 0 fully saturated rings. The first-order valence-electron chi connectivity index (χ1n) is 12.9. The number of rotatable bonds is 12. The van der Waals surface area contributed by atoms with Gasteiger partial charge in [0.05, 0.1) is 0 Å². The molecule has 0 saturated carbocycles. The molecular weight excluding hydrogens is 652 g/mol. The van der Waals surface area contributed by atoms with Crippen molar-refractivity contribution in [3.05, 3.63) is 72.8 Å². The van der Waals surface area contributed by atoms with Gasteiger partial charge in [-0.3, -0.25) is 0 Å². The van der Waals surface area contributed by atoms with Gasteiger partial charge >= 0.3 is 0 Å². The first-order chi connectivity index (χ1) is 16.6. The molecule has 0 saturated heterocycles. The molecule has 0 aliphatic carbocycles. The van der Waals surface area contributed by atoms with Crippen LogP contribution in [0.5, 0.6) is 0 Å². The van der Waals surface area contributed by atoms with Crippen molar-refractivity contribution < 1.29 is 28.2 Å². The van der Waals surface area contributed by atoms with Crippen molar-refractivity contribution in [2.75, 3.05) is 58.9 Å². The SMILES string of the molecule is CCN(CC)c1ccc(N(c2ccc(N(CC)CC)cc2)c2ccc(N(CC)CC)cc2)cc1.[F-].[F-].[F-].[F-].[F-].[F-].[Sb]. The number of halogens is 6. The van der Waals surface area contributed by atoms with Crippen LogP contribution in [0, 0.1) is 0 Å². The maximum atomic E-state index is 2.38. The van der Waals surface area contributed by atoms with Gasteiger partial charge in [0.2, 0.25) is 0 Å².